The van der Waals surface area contributed by atoms with E-state index in [1.54, 1.807) is 35.3 Å². The average Bonchev–Trinajstić information content (AvgIpc) is 3.48. The first-order valence-corrected chi connectivity index (χ1v) is 9.11. The predicted molar refractivity (Wildman–Crippen MR) is 108 cm³/mol. The minimum atomic E-state index is -0.242. The van der Waals surface area contributed by atoms with Gasteiger partial charge in [-0.05, 0) is 23.8 Å². The van der Waals surface area contributed by atoms with Crippen molar-refractivity contribution in [2.75, 3.05) is 5.32 Å². The van der Waals surface area contributed by atoms with Gasteiger partial charge in [-0.3, -0.25) is 14.6 Å². The predicted octanol–water partition coefficient (Wildman–Crippen LogP) is 3.22. The SMILES string of the molecule is O=C(Nc1cc(-c2ccn(Cc3ccccc3)n2)[nH]n1)c1ccc2cncn2c1. The van der Waals surface area contributed by atoms with Crippen LogP contribution in [0, 0.1) is 0 Å². The number of benzene rings is 1. The van der Waals surface area contributed by atoms with Crippen LogP contribution in [0.4, 0.5) is 5.82 Å². The van der Waals surface area contributed by atoms with E-state index in [1.807, 2.05) is 41.2 Å². The summed E-state index contributed by atoms with van der Waals surface area (Å²) < 4.78 is 3.66. The molecule has 1 aromatic carbocycles. The summed E-state index contributed by atoms with van der Waals surface area (Å²) in [6.45, 7) is 0.690. The molecule has 4 heterocycles. The number of fused-ring (bicyclic) bond motifs is 1. The largest absolute Gasteiger partial charge is 0.306 e. The number of carbonyl (C=O) groups excluding carboxylic acids is 1. The summed E-state index contributed by atoms with van der Waals surface area (Å²) in [5, 5.41) is 14.5. The van der Waals surface area contributed by atoms with Gasteiger partial charge in [-0.15, -0.1) is 0 Å². The summed E-state index contributed by atoms with van der Waals surface area (Å²) in [6, 6.07) is 17.4. The molecule has 1 amide bonds. The van der Waals surface area contributed by atoms with E-state index >= 15 is 0 Å². The number of hydrogen-bond acceptors (Lipinski definition) is 4. The molecule has 0 unspecified atom stereocenters. The number of aromatic nitrogens is 6. The number of nitrogens with zero attached hydrogens (tertiary/aromatic N) is 5. The Morgan fingerprint density at radius 1 is 1.10 bits per heavy atom. The number of carbonyl (C=O) groups is 1. The van der Waals surface area contributed by atoms with Crippen LogP contribution in [-0.2, 0) is 6.54 Å². The molecule has 0 saturated carbocycles. The van der Waals surface area contributed by atoms with Crippen molar-refractivity contribution in [3.63, 3.8) is 0 Å². The molecule has 0 aliphatic rings. The van der Waals surface area contributed by atoms with Gasteiger partial charge in [0, 0.05) is 18.5 Å². The van der Waals surface area contributed by atoms with E-state index in [0.29, 0.717) is 17.9 Å². The maximum absolute atomic E-state index is 12.5. The molecule has 0 saturated heterocycles. The fraction of sp³-hybridized carbons (Fsp3) is 0.0476. The van der Waals surface area contributed by atoms with Crippen LogP contribution in [0.15, 0.2) is 79.5 Å². The molecule has 0 fully saturated rings. The Kier molecular flexibility index (Phi) is 4.14. The van der Waals surface area contributed by atoms with Gasteiger partial charge in [0.25, 0.3) is 5.91 Å². The average molecular weight is 383 g/mol. The second-order valence-electron chi connectivity index (χ2n) is 6.65. The number of pyridine rings is 1. The molecule has 0 spiro atoms. The van der Waals surface area contributed by atoms with Crippen LogP contribution in [0.1, 0.15) is 15.9 Å². The lowest BCUT2D eigenvalue weighted by molar-refractivity contribution is 0.102. The van der Waals surface area contributed by atoms with Crippen molar-refractivity contribution in [2.24, 2.45) is 0 Å². The Morgan fingerprint density at radius 2 is 2.00 bits per heavy atom. The summed E-state index contributed by atoms with van der Waals surface area (Å²) in [4.78, 5) is 16.6. The van der Waals surface area contributed by atoms with Gasteiger partial charge in [0.1, 0.15) is 5.69 Å². The molecule has 0 atom stereocenters. The van der Waals surface area contributed by atoms with Gasteiger partial charge >= 0.3 is 0 Å². The molecular formula is C21H17N7O. The lowest BCUT2D eigenvalue weighted by Gasteiger charge is -2.02. The van der Waals surface area contributed by atoms with Crippen molar-refractivity contribution in [1.82, 2.24) is 29.4 Å². The van der Waals surface area contributed by atoms with E-state index in [4.69, 9.17) is 0 Å². The van der Waals surface area contributed by atoms with E-state index < -0.39 is 0 Å². The van der Waals surface area contributed by atoms with Crippen LogP contribution >= 0.6 is 0 Å². The smallest absolute Gasteiger partial charge is 0.258 e. The number of hydrogen-bond donors (Lipinski definition) is 2. The highest BCUT2D eigenvalue weighted by Gasteiger charge is 2.12. The number of rotatable bonds is 5. The van der Waals surface area contributed by atoms with Gasteiger partial charge in [-0.2, -0.15) is 10.2 Å². The molecule has 8 nitrogen and oxygen atoms in total. The van der Waals surface area contributed by atoms with Crippen LogP contribution in [-0.4, -0.2) is 35.3 Å². The topological polar surface area (TPSA) is 92.9 Å². The zero-order chi connectivity index (χ0) is 19.6. The van der Waals surface area contributed by atoms with E-state index in [1.165, 1.54) is 5.56 Å². The highest BCUT2D eigenvalue weighted by atomic mass is 16.1. The monoisotopic (exact) mass is 383 g/mol. The lowest BCUT2D eigenvalue weighted by Crippen LogP contribution is -2.12. The Labute approximate surface area is 165 Å². The summed E-state index contributed by atoms with van der Waals surface area (Å²) >= 11 is 0. The molecule has 0 aliphatic carbocycles. The number of aromatic amines is 1. The van der Waals surface area contributed by atoms with Crippen molar-refractivity contribution in [2.45, 2.75) is 6.54 Å². The standard InChI is InChI=1S/C21H17N7O/c29-21(16-6-7-17-11-22-14-27(17)13-16)23-20-10-19(24-25-20)18-8-9-28(26-18)12-15-4-2-1-3-5-15/h1-11,13-14H,12H2,(H2,23,24,25,29). The minimum absolute atomic E-state index is 0.242. The second-order valence-corrected chi connectivity index (χ2v) is 6.65. The molecule has 0 bridgehead atoms. The zero-order valence-corrected chi connectivity index (χ0v) is 15.4. The third-order valence-corrected chi connectivity index (χ3v) is 4.59. The first-order chi connectivity index (χ1) is 14.2. The van der Waals surface area contributed by atoms with Crippen molar-refractivity contribution in [3.05, 3.63) is 90.6 Å². The fourth-order valence-electron chi connectivity index (χ4n) is 3.12. The van der Waals surface area contributed by atoms with Gasteiger partial charge in [0.05, 0.1) is 35.8 Å². The van der Waals surface area contributed by atoms with Gasteiger partial charge in [0.15, 0.2) is 5.82 Å². The van der Waals surface area contributed by atoms with Gasteiger partial charge in [-0.25, -0.2) is 4.98 Å². The molecule has 0 aliphatic heterocycles. The maximum Gasteiger partial charge on any atom is 0.258 e. The van der Waals surface area contributed by atoms with Crippen LogP contribution in [0.25, 0.3) is 16.9 Å². The molecule has 5 aromatic rings. The number of H-pyrrole nitrogens is 1. The van der Waals surface area contributed by atoms with Gasteiger partial charge < -0.3 is 9.72 Å². The van der Waals surface area contributed by atoms with Gasteiger partial charge in [0.2, 0.25) is 0 Å². The number of amides is 1. The molecule has 2 N–H and O–H groups in total. The summed E-state index contributed by atoms with van der Waals surface area (Å²) in [5.74, 6) is 0.196. The molecule has 29 heavy (non-hydrogen) atoms. The molecule has 8 heteroatoms. The van der Waals surface area contributed by atoms with Crippen LogP contribution in [0.5, 0.6) is 0 Å². The van der Waals surface area contributed by atoms with E-state index in [0.717, 1.165) is 16.9 Å². The van der Waals surface area contributed by atoms with Crippen LogP contribution < -0.4 is 5.32 Å². The third-order valence-electron chi connectivity index (χ3n) is 4.59. The number of nitrogens with one attached hydrogen (secondary N) is 2. The Bertz CT molecular complexity index is 1280. The highest BCUT2D eigenvalue weighted by molar-refractivity contribution is 6.03. The molecular weight excluding hydrogens is 366 g/mol. The molecule has 5 rings (SSSR count). The maximum atomic E-state index is 12.5. The third kappa shape index (κ3) is 3.51. The summed E-state index contributed by atoms with van der Waals surface area (Å²) in [7, 11) is 0. The van der Waals surface area contributed by atoms with Crippen molar-refractivity contribution >= 4 is 17.2 Å². The van der Waals surface area contributed by atoms with E-state index in [2.05, 4.69) is 37.7 Å². The van der Waals surface area contributed by atoms with Crippen molar-refractivity contribution in [1.29, 1.82) is 0 Å². The molecule has 142 valence electrons. The quantitative estimate of drug-likeness (QED) is 0.487. The fourth-order valence-corrected chi connectivity index (χ4v) is 3.12. The molecule has 4 aromatic heterocycles. The highest BCUT2D eigenvalue weighted by Crippen LogP contribution is 2.19. The second kappa shape index (κ2) is 7.08. The van der Waals surface area contributed by atoms with E-state index in [9.17, 15) is 4.79 Å². The van der Waals surface area contributed by atoms with Gasteiger partial charge in [-0.1, -0.05) is 30.3 Å². The number of imidazole rings is 1. The normalized spacial score (nSPS) is 11.0. The Balaban J connectivity index is 1.30. The van der Waals surface area contributed by atoms with Crippen molar-refractivity contribution < 1.29 is 4.79 Å². The first kappa shape index (κ1) is 16.9. The Hall–Kier alpha value is -4.20. The van der Waals surface area contributed by atoms with Crippen molar-refractivity contribution in [3.8, 4) is 11.4 Å². The van der Waals surface area contributed by atoms with Crippen LogP contribution in [0.3, 0.4) is 0 Å². The van der Waals surface area contributed by atoms with E-state index in [-0.39, 0.29) is 5.91 Å². The number of anilines is 1. The first-order valence-electron chi connectivity index (χ1n) is 9.11. The lowest BCUT2D eigenvalue weighted by atomic mass is 10.2. The Morgan fingerprint density at radius 3 is 2.90 bits per heavy atom. The summed E-state index contributed by atoms with van der Waals surface area (Å²) in [5.41, 5.74) is 4.11. The zero-order valence-electron chi connectivity index (χ0n) is 15.4. The minimum Gasteiger partial charge on any atom is -0.306 e. The summed E-state index contributed by atoms with van der Waals surface area (Å²) in [6.07, 6.45) is 7.04. The van der Waals surface area contributed by atoms with Crippen LogP contribution in [0.2, 0.25) is 0 Å². The molecule has 0 radical (unpaired) electrons.